The minimum Gasteiger partial charge on any atom is -0.507 e. The molecule has 1 aliphatic rings. The third-order valence-corrected chi connectivity index (χ3v) is 6.17. The zero-order chi connectivity index (χ0) is 24.9. The molecule has 1 aliphatic heterocycles. The largest absolute Gasteiger partial charge is 0.507 e. The number of aliphatic hydroxyl groups excluding tert-OH is 1. The first-order valence-electron chi connectivity index (χ1n) is 12.2. The van der Waals surface area contributed by atoms with Crippen LogP contribution in [0, 0.1) is 6.92 Å². The van der Waals surface area contributed by atoms with Gasteiger partial charge >= 0.3 is 0 Å². The van der Waals surface area contributed by atoms with Crippen molar-refractivity contribution in [3.05, 3.63) is 58.8 Å². The minimum absolute atomic E-state index is 0.0252. The van der Waals surface area contributed by atoms with E-state index in [1.807, 2.05) is 44.2 Å². The third kappa shape index (κ3) is 4.84. The summed E-state index contributed by atoms with van der Waals surface area (Å²) < 4.78 is 11.8. The molecular weight excluding hydrogens is 446 g/mol. The van der Waals surface area contributed by atoms with Crippen molar-refractivity contribution in [2.75, 3.05) is 26.4 Å². The van der Waals surface area contributed by atoms with Crippen molar-refractivity contribution in [3.63, 3.8) is 0 Å². The van der Waals surface area contributed by atoms with Gasteiger partial charge in [0.25, 0.3) is 5.91 Å². The van der Waals surface area contributed by atoms with Crippen LogP contribution in [0.2, 0.25) is 0 Å². The molecule has 0 saturated carbocycles. The predicted octanol–water partition coefficient (Wildman–Crippen LogP) is 4.60. The normalized spacial score (nSPS) is 14.9. The molecule has 2 heterocycles. The predicted molar refractivity (Wildman–Crippen MR) is 133 cm³/mol. The van der Waals surface area contributed by atoms with Gasteiger partial charge in [0.15, 0.2) is 11.5 Å². The van der Waals surface area contributed by atoms with Gasteiger partial charge in [0, 0.05) is 24.3 Å². The van der Waals surface area contributed by atoms with Gasteiger partial charge in [-0.25, -0.2) is 0 Å². The van der Waals surface area contributed by atoms with Gasteiger partial charge in [-0.15, -0.1) is 0 Å². The first-order valence-corrected chi connectivity index (χ1v) is 12.2. The molecule has 0 saturated heterocycles. The zero-order valence-corrected chi connectivity index (χ0v) is 20.5. The number of hydrogen-bond donors (Lipinski definition) is 3. The number of benzene rings is 2. The van der Waals surface area contributed by atoms with E-state index in [9.17, 15) is 15.0 Å². The van der Waals surface area contributed by atoms with Gasteiger partial charge in [0.05, 0.1) is 19.3 Å². The van der Waals surface area contributed by atoms with E-state index >= 15 is 0 Å². The molecule has 0 bridgehead atoms. The summed E-state index contributed by atoms with van der Waals surface area (Å²) in [6.07, 6.45) is 2.42. The first kappa shape index (κ1) is 24.6. The monoisotopic (exact) mass is 479 g/mol. The van der Waals surface area contributed by atoms with Crippen molar-refractivity contribution in [2.45, 2.75) is 46.1 Å². The topological polar surface area (TPSA) is 108 Å². The fourth-order valence-corrected chi connectivity index (χ4v) is 4.47. The second kappa shape index (κ2) is 10.8. The highest BCUT2D eigenvalue weighted by molar-refractivity contribution is 6.00. The molecule has 4 rings (SSSR count). The van der Waals surface area contributed by atoms with E-state index in [4.69, 9.17) is 9.47 Å². The SMILES string of the molecule is CCCCOc1ccc([C@@H]2c3c(-c4cc(C)ccc4O)n[nH]c3C(=O)N2CCCO)cc1OCC. The van der Waals surface area contributed by atoms with E-state index < -0.39 is 6.04 Å². The summed E-state index contributed by atoms with van der Waals surface area (Å²) in [5.74, 6) is 1.19. The standard InChI is InChI=1S/C27H33N3O5/c1-4-6-14-35-21-11-9-18(16-22(21)34-5-2)26-23-24(19-15-17(3)8-10-20(19)32)28-29-25(23)27(33)30(26)12-7-13-31/h8-11,15-16,26,31-32H,4-7,12-14H2,1-3H3,(H,28,29)/t26-/m1/s1. The highest BCUT2D eigenvalue weighted by Crippen LogP contribution is 2.46. The van der Waals surface area contributed by atoms with Crippen LogP contribution >= 0.6 is 0 Å². The molecule has 35 heavy (non-hydrogen) atoms. The Morgan fingerprint density at radius 2 is 1.91 bits per heavy atom. The Bertz CT molecular complexity index is 1190. The van der Waals surface area contributed by atoms with E-state index in [0.29, 0.717) is 60.2 Å². The lowest BCUT2D eigenvalue weighted by Crippen LogP contribution is -2.31. The van der Waals surface area contributed by atoms with Crippen molar-refractivity contribution < 1.29 is 24.5 Å². The zero-order valence-electron chi connectivity index (χ0n) is 20.5. The van der Waals surface area contributed by atoms with Crippen molar-refractivity contribution in [2.24, 2.45) is 0 Å². The number of aromatic amines is 1. The van der Waals surface area contributed by atoms with E-state index in [2.05, 4.69) is 17.1 Å². The molecule has 1 aromatic heterocycles. The summed E-state index contributed by atoms with van der Waals surface area (Å²) in [5, 5.41) is 27.4. The molecule has 3 N–H and O–H groups in total. The maximum Gasteiger partial charge on any atom is 0.273 e. The average molecular weight is 480 g/mol. The second-order valence-electron chi connectivity index (χ2n) is 8.70. The fraction of sp³-hybridized carbons (Fsp3) is 0.407. The highest BCUT2D eigenvalue weighted by atomic mass is 16.5. The van der Waals surface area contributed by atoms with Crippen LogP contribution < -0.4 is 9.47 Å². The van der Waals surface area contributed by atoms with Crippen molar-refractivity contribution in [1.29, 1.82) is 0 Å². The van der Waals surface area contributed by atoms with Crippen LogP contribution in [0.5, 0.6) is 17.2 Å². The maximum absolute atomic E-state index is 13.4. The average Bonchev–Trinajstić information content (AvgIpc) is 3.39. The van der Waals surface area contributed by atoms with Crippen LogP contribution in [0.1, 0.15) is 66.3 Å². The number of amides is 1. The number of aromatic nitrogens is 2. The van der Waals surface area contributed by atoms with Crippen LogP contribution in [-0.4, -0.2) is 57.6 Å². The Kier molecular flexibility index (Phi) is 7.60. The molecule has 8 heteroatoms. The van der Waals surface area contributed by atoms with Crippen LogP contribution in [0.15, 0.2) is 36.4 Å². The molecular formula is C27H33N3O5. The Morgan fingerprint density at radius 3 is 2.66 bits per heavy atom. The summed E-state index contributed by atoms with van der Waals surface area (Å²) in [6.45, 7) is 7.40. The number of aryl methyl sites for hydroxylation is 1. The lowest BCUT2D eigenvalue weighted by molar-refractivity contribution is 0.0732. The van der Waals surface area contributed by atoms with Crippen LogP contribution in [0.25, 0.3) is 11.3 Å². The molecule has 1 amide bonds. The van der Waals surface area contributed by atoms with Gasteiger partial charge in [-0.2, -0.15) is 5.10 Å². The summed E-state index contributed by atoms with van der Waals surface area (Å²) in [4.78, 5) is 15.1. The van der Waals surface area contributed by atoms with E-state index in [1.165, 1.54) is 0 Å². The van der Waals surface area contributed by atoms with Crippen molar-refractivity contribution in [1.82, 2.24) is 15.1 Å². The number of nitrogens with one attached hydrogen (secondary N) is 1. The lowest BCUT2D eigenvalue weighted by Gasteiger charge is -2.27. The molecule has 186 valence electrons. The van der Waals surface area contributed by atoms with Gasteiger partial charge in [-0.3, -0.25) is 9.89 Å². The summed E-state index contributed by atoms with van der Waals surface area (Å²) in [5.41, 5.74) is 4.01. The number of nitrogens with zero attached hydrogens (tertiary/aromatic N) is 2. The van der Waals surface area contributed by atoms with Crippen LogP contribution in [0.3, 0.4) is 0 Å². The molecule has 3 aromatic rings. The first-order chi connectivity index (χ1) is 17.0. The highest BCUT2D eigenvalue weighted by Gasteiger charge is 2.42. The van der Waals surface area contributed by atoms with Crippen LogP contribution in [0.4, 0.5) is 0 Å². The number of ether oxygens (including phenoxy) is 2. The number of carbonyl (C=O) groups is 1. The Labute approximate surface area is 205 Å². The smallest absolute Gasteiger partial charge is 0.273 e. The molecule has 0 spiro atoms. The summed E-state index contributed by atoms with van der Waals surface area (Å²) in [6, 6.07) is 10.6. The van der Waals surface area contributed by atoms with Crippen molar-refractivity contribution >= 4 is 5.91 Å². The minimum atomic E-state index is -0.457. The van der Waals surface area contributed by atoms with Gasteiger partial charge in [-0.1, -0.05) is 31.0 Å². The Balaban J connectivity index is 1.82. The quantitative estimate of drug-likeness (QED) is 0.347. The van der Waals surface area contributed by atoms with Gasteiger partial charge < -0.3 is 24.6 Å². The number of H-pyrrole nitrogens is 1. The molecule has 2 aromatic carbocycles. The number of carbonyl (C=O) groups excluding carboxylic acids is 1. The number of aliphatic hydroxyl groups is 1. The van der Waals surface area contributed by atoms with Gasteiger partial charge in [-0.05, 0) is 56.5 Å². The Morgan fingerprint density at radius 1 is 1.09 bits per heavy atom. The lowest BCUT2D eigenvalue weighted by atomic mass is 9.94. The van der Waals surface area contributed by atoms with Crippen molar-refractivity contribution in [3.8, 4) is 28.5 Å². The van der Waals surface area contributed by atoms with E-state index in [-0.39, 0.29) is 18.3 Å². The molecule has 0 fully saturated rings. The molecule has 0 radical (unpaired) electrons. The maximum atomic E-state index is 13.4. The van der Waals surface area contributed by atoms with Gasteiger partial charge in [0.2, 0.25) is 0 Å². The molecule has 8 nitrogen and oxygen atoms in total. The number of unbranched alkanes of at least 4 members (excludes halogenated alkanes) is 1. The second-order valence-corrected chi connectivity index (χ2v) is 8.70. The Hall–Kier alpha value is -3.52. The fourth-order valence-electron chi connectivity index (χ4n) is 4.47. The number of phenols is 1. The molecule has 0 unspecified atom stereocenters. The summed E-state index contributed by atoms with van der Waals surface area (Å²) in [7, 11) is 0. The number of rotatable bonds is 11. The number of phenolic OH excluding ortho intramolecular Hbond substituents is 1. The number of aromatic hydroxyl groups is 1. The summed E-state index contributed by atoms with van der Waals surface area (Å²) >= 11 is 0. The number of fused-ring (bicyclic) bond motifs is 1. The van der Waals surface area contributed by atoms with E-state index in [1.54, 1.807) is 11.0 Å². The third-order valence-electron chi connectivity index (χ3n) is 6.17. The van der Waals surface area contributed by atoms with E-state index in [0.717, 1.165) is 24.0 Å². The molecule has 0 aliphatic carbocycles. The van der Waals surface area contributed by atoms with Gasteiger partial charge in [0.1, 0.15) is 17.1 Å². The molecule has 1 atom stereocenters. The van der Waals surface area contributed by atoms with Crippen LogP contribution in [-0.2, 0) is 0 Å². The number of hydrogen-bond acceptors (Lipinski definition) is 6.